The molecule has 0 aliphatic rings. The fraction of sp³-hybridized carbons (Fsp3) is 0.310. The van der Waals surface area contributed by atoms with Crippen LogP contribution in [-0.2, 0) is 35.2 Å². The van der Waals surface area contributed by atoms with Crippen LogP contribution in [0.25, 0.3) is 0 Å². The molecule has 45 heavy (non-hydrogen) atoms. The van der Waals surface area contributed by atoms with E-state index in [9.17, 15) is 35.6 Å². The van der Waals surface area contributed by atoms with Gasteiger partial charge in [0.2, 0.25) is 10.0 Å². The van der Waals surface area contributed by atoms with Crippen molar-refractivity contribution in [1.29, 1.82) is 0 Å². The lowest BCUT2D eigenvalue weighted by Crippen LogP contribution is -2.27. The number of hydrogen-bond acceptors (Lipinski definition) is 8. The van der Waals surface area contributed by atoms with Gasteiger partial charge in [-0.15, -0.1) is 0 Å². The highest BCUT2D eigenvalue weighted by Gasteiger charge is 2.32. The third-order valence-electron chi connectivity index (χ3n) is 5.97. The zero-order valence-corrected chi connectivity index (χ0v) is 25.6. The van der Waals surface area contributed by atoms with Crippen LogP contribution in [0.15, 0.2) is 59.5 Å². The number of alkyl halides is 3. The van der Waals surface area contributed by atoms with Crippen molar-refractivity contribution in [2.24, 2.45) is 0 Å². The number of carbonyl (C=O) groups is 2. The van der Waals surface area contributed by atoms with Crippen LogP contribution in [-0.4, -0.2) is 67.0 Å². The Morgan fingerprint density at radius 3 is 2.33 bits per heavy atom. The molecular weight excluding hydrogens is 648 g/mol. The number of anilines is 1. The van der Waals surface area contributed by atoms with Gasteiger partial charge in [-0.05, 0) is 67.1 Å². The molecule has 1 amide bonds. The van der Waals surface area contributed by atoms with E-state index in [1.54, 1.807) is 6.92 Å². The maximum atomic E-state index is 13.9. The van der Waals surface area contributed by atoms with Crippen molar-refractivity contribution in [2.45, 2.75) is 18.0 Å². The van der Waals surface area contributed by atoms with Gasteiger partial charge in [0, 0.05) is 23.4 Å². The lowest BCUT2D eigenvalue weighted by atomic mass is 10.00. The Morgan fingerprint density at radius 1 is 0.933 bits per heavy atom. The molecule has 0 saturated carbocycles. The minimum Gasteiger partial charge on any atom is -0.483 e. The number of amides is 1. The van der Waals surface area contributed by atoms with Crippen molar-refractivity contribution in [3.05, 3.63) is 87.7 Å². The Kier molecular flexibility index (Phi) is 12.8. The summed E-state index contributed by atoms with van der Waals surface area (Å²) in [7, 11) is -2.39. The summed E-state index contributed by atoms with van der Waals surface area (Å²) in [4.78, 5) is 25.6. The zero-order chi connectivity index (χ0) is 33.2. The average Bonchev–Trinajstić information content (AvgIpc) is 2.97. The molecule has 0 aliphatic carbocycles. The van der Waals surface area contributed by atoms with Crippen molar-refractivity contribution in [1.82, 2.24) is 4.72 Å². The van der Waals surface area contributed by atoms with Crippen LogP contribution in [0.3, 0.4) is 0 Å². The highest BCUT2D eigenvalue weighted by Crippen LogP contribution is 2.32. The van der Waals surface area contributed by atoms with Gasteiger partial charge in [-0.1, -0.05) is 11.6 Å². The highest BCUT2D eigenvalue weighted by atomic mass is 35.5. The quantitative estimate of drug-likeness (QED) is 0.0942. The Morgan fingerprint density at radius 2 is 1.64 bits per heavy atom. The molecule has 16 heteroatoms. The van der Waals surface area contributed by atoms with Gasteiger partial charge in [0.1, 0.15) is 18.3 Å². The molecule has 244 valence electrons. The van der Waals surface area contributed by atoms with E-state index >= 15 is 0 Å². The zero-order valence-electron chi connectivity index (χ0n) is 24.0. The van der Waals surface area contributed by atoms with Crippen molar-refractivity contribution in [3.8, 4) is 5.75 Å². The van der Waals surface area contributed by atoms with Gasteiger partial charge in [0.25, 0.3) is 5.91 Å². The molecule has 0 aliphatic heterocycles. The predicted molar refractivity (Wildman–Crippen MR) is 155 cm³/mol. The molecule has 0 bridgehead atoms. The number of halogens is 5. The van der Waals surface area contributed by atoms with Crippen molar-refractivity contribution in [3.63, 3.8) is 0 Å². The van der Waals surface area contributed by atoms with E-state index in [-0.39, 0.29) is 52.9 Å². The molecule has 0 saturated heterocycles. The predicted octanol–water partition coefficient (Wildman–Crippen LogP) is 4.97. The molecule has 3 rings (SSSR count). The van der Waals surface area contributed by atoms with E-state index in [0.29, 0.717) is 30.9 Å². The van der Waals surface area contributed by atoms with E-state index in [1.165, 1.54) is 37.4 Å². The van der Waals surface area contributed by atoms with Crippen LogP contribution in [0.2, 0.25) is 5.02 Å². The summed E-state index contributed by atoms with van der Waals surface area (Å²) >= 11 is 5.97. The molecule has 0 fully saturated rings. The highest BCUT2D eigenvalue weighted by molar-refractivity contribution is 7.89. The maximum absolute atomic E-state index is 13.9. The number of rotatable bonds is 16. The molecule has 3 aromatic rings. The van der Waals surface area contributed by atoms with Crippen LogP contribution in [0, 0.1) is 12.7 Å². The molecular formula is C29H29ClF4N2O8S. The summed E-state index contributed by atoms with van der Waals surface area (Å²) in [5.41, 5.74) is -1.59. The molecule has 3 aromatic carbocycles. The van der Waals surface area contributed by atoms with Gasteiger partial charge in [0.15, 0.2) is 12.4 Å². The number of carbonyl (C=O) groups excluding carboxylic acids is 2. The Balaban J connectivity index is 1.62. The second kappa shape index (κ2) is 16.1. The number of ketones is 1. The van der Waals surface area contributed by atoms with Gasteiger partial charge in [-0.3, -0.25) is 9.59 Å². The van der Waals surface area contributed by atoms with E-state index in [2.05, 4.69) is 10.0 Å². The first-order valence-electron chi connectivity index (χ1n) is 13.1. The van der Waals surface area contributed by atoms with Gasteiger partial charge < -0.3 is 24.3 Å². The van der Waals surface area contributed by atoms with Crippen molar-refractivity contribution in [2.75, 3.05) is 52.2 Å². The molecule has 2 N–H and O–H groups in total. The van der Waals surface area contributed by atoms with E-state index in [0.717, 1.165) is 6.07 Å². The van der Waals surface area contributed by atoms with E-state index in [1.807, 2.05) is 0 Å². The number of nitrogens with one attached hydrogen (secondary N) is 2. The van der Waals surface area contributed by atoms with Crippen LogP contribution >= 0.6 is 11.6 Å². The number of sulfonamides is 1. The number of ether oxygens (including phenoxy) is 4. The Bertz CT molecular complexity index is 1620. The number of benzene rings is 3. The van der Waals surface area contributed by atoms with Crippen molar-refractivity contribution < 1.29 is 54.5 Å². The summed E-state index contributed by atoms with van der Waals surface area (Å²) < 4.78 is 102. The summed E-state index contributed by atoms with van der Waals surface area (Å²) in [6, 6.07) is 9.06. The Labute approximate surface area is 261 Å². The average molecular weight is 677 g/mol. The molecule has 0 spiro atoms. The molecule has 0 atom stereocenters. The number of aryl methyl sites for hydroxylation is 1. The third-order valence-corrected chi connectivity index (χ3v) is 7.58. The van der Waals surface area contributed by atoms with Gasteiger partial charge in [-0.25, -0.2) is 12.8 Å². The lowest BCUT2D eigenvalue weighted by Gasteiger charge is -2.14. The topological polar surface area (TPSA) is 129 Å². The minimum absolute atomic E-state index is 0.0429. The largest absolute Gasteiger partial charge is 0.483 e. The standard InChI is InChI=1S/C29H29ClF4N2O8S/c1-18-11-23(45(39,40)35-17-43-10-9-42-8-7-41-2)4-5-25(18)36-27(37)16-44-26-6-3-21(30)15-24(26)28(38)19-12-20(29(32,33)34)14-22(31)13-19/h3-6,11-15,35H,7-10,16-17H2,1-2H3,(H,36,37). The fourth-order valence-corrected chi connectivity index (χ4v) is 4.91. The minimum atomic E-state index is -4.89. The molecule has 0 heterocycles. The summed E-state index contributed by atoms with van der Waals surface area (Å²) in [5, 5.41) is 2.59. The van der Waals surface area contributed by atoms with Crippen LogP contribution in [0.1, 0.15) is 27.0 Å². The van der Waals surface area contributed by atoms with Crippen LogP contribution in [0.4, 0.5) is 23.2 Å². The monoisotopic (exact) mass is 676 g/mol. The maximum Gasteiger partial charge on any atom is 0.416 e. The van der Waals surface area contributed by atoms with Gasteiger partial charge >= 0.3 is 6.18 Å². The molecule has 0 unspecified atom stereocenters. The molecule has 10 nitrogen and oxygen atoms in total. The van der Waals surface area contributed by atoms with E-state index < -0.39 is 51.4 Å². The second-order valence-corrected chi connectivity index (χ2v) is 11.5. The first kappa shape index (κ1) is 35.9. The first-order chi connectivity index (χ1) is 21.2. The third kappa shape index (κ3) is 10.8. The first-order valence-corrected chi connectivity index (χ1v) is 15.0. The fourth-order valence-electron chi connectivity index (χ4n) is 3.76. The summed E-state index contributed by atoms with van der Waals surface area (Å²) in [6.45, 7) is 1.85. The number of hydrogen-bond donors (Lipinski definition) is 2. The SMILES string of the molecule is COCCOCCOCNS(=O)(=O)c1ccc(NC(=O)COc2ccc(Cl)cc2C(=O)c2cc(F)cc(C(F)(F)F)c2)c(C)c1. The van der Waals surface area contributed by atoms with Gasteiger partial charge in [0.05, 0.1) is 42.4 Å². The van der Waals surface area contributed by atoms with Crippen molar-refractivity contribution >= 4 is 39.0 Å². The molecule has 0 radical (unpaired) electrons. The smallest absolute Gasteiger partial charge is 0.416 e. The van der Waals surface area contributed by atoms with Gasteiger partial charge in [-0.2, -0.15) is 17.9 Å². The Hall–Kier alpha value is -3.60. The summed E-state index contributed by atoms with van der Waals surface area (Å²) in [5.74, 6) is -3.17. The van der Waals surface area contributed by atoms with E-state index in [4.69, 9.17) is 30.5 Å². The molecule has 0 aromatic heterocycles. The number of methoxy groups -OCH3 is 1. The lowest BCUT2D eigenvalue weighted by molar-refractivity contribution is -0.137. The second-order valence-electron chi connectivity index (χ2n) is 9.32. The summed E-state index contributed by atoms with van der Waals surface area (Å²) in [6.07, 6.45) is -4.89. The normalized spacial score (nSPS) is 11.8. The van der Waals surface area contributed by atoms with Crippen LogP contribution < -0.4 is 14.8 Å². The van der Waals surface area contributed by atoms with Crippen LogP contribution in [0.5, 0.6) is 5.75 Å².